The Morgan fingerprint density at radius 1 is 1.25 bits per heavy atom. The van der Waals surface area contributed by atoms with Crippen LogP contribution < -0.4 is 16.4 Å². The fraction of sp³-hybridized carbons (Fsp3) is 0.115. The van der Waals surface area contributed by atoms with E-state index in [1.54, 1.807) is 37.4 Å². The lowest BCUT2D eigenvalue weighted by atomic mass is 10.0. The molecule has 0 spiro atoms. The first-order valence-electron chi connectivity index (χ1n) is 11.2. The molecule has 3 heterocycles. The van der Waals surface area contributed by atoms with Crippen molar-refractivity contribution >= 4 is 34.5 Å². The van der Waals surface area contributed by atoms with Crippen molar-refractivity contribution in [1.82, 2.24) is 25.5 Å². The Hall–Kier alpha value is -4.57. The van der Waals surface area contributed by atoms with E-state index >= 15 is 0 Å². The van der Waals surface area contributed by atoms with Crippen molar-refractivity contribution in [3.63, 3.8) is 0 Å². The molecule has 0 aliphatic rings. The van der Waals surface area contributed by atoms with Gasteiger partial charge in [-0.2, -0.15) is 0 Å². The van der Waals surface area contributed by atoms with Crippen LogP contribution in [0, 0.1) is 6.92 Å². The molecule has 4 aromatic rings. The number of allylic oxidation sites excluding steroid dienone is 4. The van der Waals surface area contributed by atoms with E-state index in [4.69, 9.17) is 15.1 Å². The lowest BCUT2D eigenvalue weighted by Crippen LogP contribution is -2.28. The van der Waals surface area contributed by atoms with Crippen LogP contribution in [0.1, 0.15) is 24.3 Å². The molecule has 10 heteroatoms. The second-order valence-electron chi connectivity index (χ2n) is 7.59. The van der Waals surface area contributed by atoms with Gasteiger partial charge in [0.2, 0.25) is 5.89 Å². The molecule has 0 saturated heterocycles. The van der Waals surface area contributed by atoms with Crippen molar-refractivity contribution in [2.45, 2.75) is 13.8 Å². The van der Waals surface area contributed by atoms with Crippen molar-refractivity contribution in [3.8, 4) is 21.8 Å². The molecule has 2 amide bonds. The summed E-state index contributed by atoms with van der Waals surface area (Å²) in [6, 6.07) is 11.4. The van der Waals surface area contributed by atoms with Crippen LogP contribution in [0.15, 0.2) is 77.2 Å². The molecule has 0 radical (unpaired) electrons. The number of urea groups is 1. The molecule has 0 bridgehead atoms. The molecule has 0 atom stereocenters. The van der Waals surface area contributed by atoms with Crippen molar-refractivity contribution in [2.75, 3.05) is 11.9 Å². The lowest BCUT2D eigenvalue weighted by Gasteiger charge is -2.12. The summed E-state index contributed by atoms with van der Waals surface area (Å²) in [4.78, 5) is 21.4. The van der Waals surface area contributed by atoms with Crippen LogP contribution in [0.3, 0.4) is 0 Å². The monoisotopic (exact) mass is 499 g/mol. The number of benzene rings is 1. The third kappa shape index (κ3) is 5.73. The van der Waals surface area contributed by atoms with Crippen LogP contribution >= 0.6 is 11.3 Å². The molecule has 4 N–H and O–H groups in total. The molecule has 0 aliphatic heterocycles. The van der Waals surface area contributed by atoms with Crippen LogP contribution in [-0.4, -0.2) is 32.7 Å². The van der Waals surface area contributed by atoms with Crippen molar-refractivity contribution in [1.29, 1.82) is 0 Å². The zero-order valence-electron chi connectivity index (χ0n) is 19.9. The normalized spacial score (nSPS) is 11.8. The van der Waals surface area contributed by atoms with Crippen molar-refractivity contribution in [2.24, 2.45) is 5.73 Å². The quantitative estimate of drug-likeness (QED) is 0.281. The predicted molar refractivity (Wildman–Crippen MR) is 143 cm³/mol. The number of thiazole rings is 1. The number of aromatic nitrogens is 4. The van der Waals surface area contributed by atoms with Gasteiger partial charge in [-0.05, 0) is 24.6 Å². The standard InChI is InChI=1S/C26H25N7O2S/c1-4-9-18(12-21(27)24-33-32-16(3)35-24)20-14-29-23(31-26(34)28-5-2)13-19(20)25-30-22(15-36-25)17-10-7-6-8-11-17/h4,6-15H,1,5,27H2,2-3H3,(H2,28,29,31,34)/b18-9+,21-12-. The van der Waals surface area contributed by atoms with E-state index in [-0.39, 0.29) is 11.9 Å². The molecule has 1 aromatic carbocycles. The Balaban J connectivity index is 1.81. The molecule has 36 heavy (non-hydrogen) atoms. The van der Waals surface area contributed by atoms with Gasteiger partial charge in [0.25, 0.3) is 5.89 Å². The predicted octanol–water partition coefficient (Wildman–Crippen LogP) is 5.27. The number of amides is 2. The summed E-state index contributed by atoms with van der Waals surface area (Å²) >= 11 is 1.49. The van der Waals surface area contributed by atoms with Crippen LogP contribution in [0.2, 0.25) is 0 Å². The highest BCUT2D eigenvalue weighted by molar-refractivity contribution is 7.13. The molecule has 0 fully saturated rings. The molecule has 9 nitrogen and oxygen atoms in total. The van der Waals surface area contributed by atoms with Gasteiger partial charge in [0.05, 0.1) is 11.4 Å². The van der Waals surface area contributed by atoms with Crippen LogP contribution in [0.25, 0.3) is 33.1 Å². The Morgan fingerprint density at radius 2 is 2.06 bits per heavy atom. The summed E-state index contributed by atoms with van der Waals surface area (Å²) < 4.78 is 5.46. The SMILES string of the molecule is C=C/C=C(\C=C(/N)c1nnc(C)o1)c1cnc(NC(=O)NCC)cc1-c1nc(-c2ccccc2)cs1. The van der Waals surface area contributed by atoms with Crippen LogP contribution in [0.4, 0.5) is 10.6 Å². The molecule has 182 valence electrons. The van der Waals surface area contributed by atoms with Gasteiger partial charge in [-0.3, -0.25) is 5.32 Å². The number of hydrogen-bond acceptors (Lipinski definition) is 8. The highest BCUT2D eigenvalue weighted by Gasteiger charge is 2.17. The smallest absolute Gasteiger partial charge is 0.320 e. The minimum Gasteiger partial charge on any atom is -0.420 e. The number of rotatable bonds is 8. The number of hydrogen-bond donors (Lipinski definition) is 3. The number of nitrogens with zero attached hydrogens (tertiary/aromatic N) is 4. The van der Waals surface area contributed by atoms with E-state index in [0.29, 0.717) is 29.5 Å². The van der Waals surface area contributed by atoms with E-state index in [9.17, 15) is 4.79 Å². The number of pyridine rings is 1. The van der Waals surface area contributed by atoms with E-state index < -0.39 is 0 Å². The third-order valence-electron chi connectivity index (χ3n) is 4.98. The summed E-state index contributed by atoms with van der Waals surface area (Å²) in [6.45, 7) is 7.87. The van der Waals surface area contributed by atoms with Crippen molar-refractivity contribution < 1.29 is 9.21 Å². The fourth-order valence-electron chi connectivity index (χ4n) is 3.38. The van der Waals surface area contributed by atoms with E-state index in [0.717, 1.165) is 27.4 Å². The molecular weight excluding hydrogens is 474 g/mol. The maximum atomic E-state index is 12.1. The number of nitrogens with two attached hydrogens (primary N) is 1. The fourth-order valence-corrected chi connectivity index (χ4v) is 4.23. The van der Waals surface area contributed by atoms with Crippen LogP contribution in [0.5, 0.6) is 0 Å². The van der Waals surface area contributed by atoms with Gasteiger partial charge in [0.15, 0.2) is 0 Å². The first kappa shape index (κ1) is 24.6. The lowest BCUT2D eigenvalue weighted by molar-refractivity contribution is 0.252. The van der Waals surface area contributed by atoms with Gasteiger partial charge in [-0.15, -0.1) is 21.5 Å². The number of aryl methyl sites for hydroxylation is 1. The maximum Gasteiger partial charge on any atom is 0.320 e. The number of carbonyl (C=O) groups excluding carboxylic acids is 1. The number of anilines is 1. The molecule has 3 aromatic heterocycles. The largest absolute Gasteiger partial charge is 0.420 e. The molecule has 0 aliphatic carbocycles. The number of nitrogens with one attached hydrogen (secondary N) is 2. The summed E-state index contributed by atoms with van der Waals surface area (Å²) in [5.74, 6) is 1.01. The summed E-state index contributed by atoms with van der Waals surface area (Å²) in [6.07, 6.45) is 6.84. The Morgan fingerprint density at radius 3 is 2.75 bits per heavy atom. The number of carbonyl (C=O) groups is 1. The van der Waals surface area contributed by atoms with Gasteiger partial charge in [-0.25, -0.2) is 14.8 Å². The molecule has 4 rings (SSSR count). The minimum absolute atomic E-state index is 0.215. The minimum atomic E-state index is -0.342. The first-order valence-corrected chi connectivity index (χ1v) is 12.0. The average Bonchev–Trinajstić information content (AvgIpc) is 3.54. The van der Waals surface area contributed by atoms with E-state index in [1.807, 2.05) is 42.6 Å². The molecular formula is C26H25N7O2S. The first-order chi connectivity index (χ1) is 17.5. The van der Waals surface area contributed by atoms with Gasteiger partial charge in [-0.1, -0.05) is 49.1 Å². The van der Waals surface area contributed by atoms with Gasteiger partial charge in [0, 0.05) is 41.7 Å². The second kappa shape index (κ2) is 11.2. The Labute approximate surface area is 212 Å². The topological polar surface area (TPSA) is 132 Å². The third-order valence-corrected chi connectivity index (χ3v) is 5.86. The van der Waals surface area contributed by atoms with E-state index in [2.05, 4.69) is 32.4 Å². The highest BCUT2D eigenvalue weighted by atomic mass is 32.1. The van der Waals surface area contributed by atoms with Crippen molar-refractivity contribution in [3.05, 3.63) is 90.1 Å². The van der Waals surface area contributed by atoms with Gasteiger partial charge >= 0.3 is 6.03 Å². The zero-order chi connectivity index (χ0) is 25.5. The van der Waals surface area contributed by atoms with Gasteiger partial charge in [0.1, 0.15) is 10.8 Å². The highest BCUT2D eigenvalue weighted by Crippen LogP contribution is 2.36. The van der Waals surface area contributed by atoms with Crippen LogP contribution in [-0.2, 0) is 0 Å². The molecule has 0 unspecified atom stereocenters. The maximum absolute atomic E-state index is 12.1. The Kier molecular flexibility index (Phi) is 7.66. The molecule has 0 saturated carbocycles. The van der Waals surface area contributed by atoms with Gasteiger partial charge < -0.3 is 15.5 Å². The average molecular weight is 500 g/mol. The summed E-state index contributed by atoms with van der Waals surface area (Å²) in [7, 11) is 0. The summed E-state index contributed by atoms with van der Waals surface area (Å²) in [5, 5.41) is 16.0. The van der Waals surface area contributed by atoms with E-state index in [1.165, 1.54) is 11.3 Å². The Bertz CT molecular complexity index is 1440. The summed E-state index contributed by atoms with van der Waals surface area (Å²) in [5.41, 5.74) is 10.6. The second-order valence-corrected chi connectivity index (χ2v) is 8.45. The zero-order valence-corrected chi connectivity index (χ0v) is 20.7.